The summed E-state index contributed by atoms with van der Waals surface area (Å²) in [7, 11) is 0. The van der Waals surface area contributed by atoms with Gasteiger partial charge in [0.2, 0.25) is 0 Å². The third-order valence-electron chi connectivity index (χ3n) is 4.22. The van der Waals surface area contributed by atoms with Crippen LogP contribution in [0.15, 0.2) is 84.9 Å². The average molecular weight is 415 g/mol. The molecular weight excluding hydrogens is 395 g/mol. The zero-order chi connectivity index (χ0) is 22.4. The van der Waals surface area contributed by atoms with Crippen LogP contribution in [0.2, 0.25) is 0 Å². The van der Waals surface area contributed by atoms with Gasteiger partial charge < -0.3 is 15.0 Å². The lowest BCUT2D eigenvalue weighted by molar-refractivity contribution is -0.138. The molecule has 5 nitrogen and oxygen atoms in total. The van der Waals surface area contributed by atoms with E-state index >= 15 is 0 Å². The summed E-state index contributed by atoms with van der Waals surface area (Å²) in [5, 5.41) is 21.4. The summed E-state index contributed by atoms with van der Waals surface area (Å²) < 4.78 is 40.8. The first-order valence-corrected chi connectivity index (χ1v) is 8.83. The molecule has 1 atom stereocenters. The van der Waals surface area contributed by atoms with E-state index in [9.17, 15) is 23.1 Å². The van der Waals surface area contributed by atoms with Crippen molar-refractivity contribution in [3.8, 4) is 17.2 Å². The molecule has 30 heavy (non-hydrogen) atoms. The minimum absolute atomic E-state index is 0.114. The Bertz CT molecular complexity index is 1010. The van der Waals surface area contributed by atoms with E-state index in [1.807, 2.05) is 36.4 Å². The number of benzene rings is 1. The molecule has 0 fully saturated rings. The van der Waals surface area contributed by atoms with Crippen LogP contribution >= 0.6 is 0 Å². The van der Waals surface area contributed by atoms with Gasteiger partial charge in [-0.2, -0.15) is 18.4 Å². The molecule has 8 heteroatoms. The van der Waals surface area contributed by atoms with Gasteiger partial charge in [0.1, 0.15) is 0 Å². The summed E-state index contributed by atoms with van der Waals surface area (Å²) in [5.41, 5.74) is -1.97. The number of nitriles is 1. The van der Waals surface area contributed by atoms with Gasteiger partial charge in [-0.25, -0.2) is 0 Å². The van der Waals surface area contributed by atoms with Crippen molar-refractivity contribution in [3.63, 3.8) is 0 Å². The number of rotatable bonds is 7. The fourth-order valence-electron chi connectivity index (χ4n) is 2.68. The number of carbonyl (C=O) groups is 1. The van der Waals surface area contributed by atoms with Gasteiger partial charge in [-0.1, -0.05) is 43.0 Å². The highest BCUT2D eigenvalue weighted by atomic mass is 19.4. The molecule has 1 heterocycles. The minimum Gasteiger partial charge on any atom is -0.378 e. The number of aliphatic hydroxyl groups is 1. The molecule has 2 N–H and O–H groups in total. The molecule has 0 aliphatic heterocycles. The smallest absolute Gasteiger partial charge is 0.378 e. The molecule has 0 aliphatic carbocycles. The minimum atomic E-state index is -4.80. The topological polar surface area (TPSA) is 78.1 Å². The van der Waals surface area contributed by atoms with Gasteiger partial charge in [0.15, 0.2) is 5.60 Å². The van der Waals surface area contributed by atoms with Crippen LogP contribution in [0.5, 0.6) is 0 Å². The molecule has 2 rings (SSSR count). The number of nitrogens with one attached hydrogen (secondary N) is 1. The van der Waals surface area contributed by atoms with Crippen molar-refractivity contribution >= 4 is 5.91 Å². The van der Waals surface area contributed by atoms with Gasteiger partial charge in [-0.3, -0.25) is 4.79 Å². The molecule has 1 unspecified atom stereocenters. The molecule has 0 radical (unpaired) electrons. The van der Waals surface area contributed by atoms with Crippen molar-refractivity contribution in [1.29, 1.82) is 5.26 Å². The highest BCUT2D eigenvalue weighted by Crippen LogP contribution is 2.29. The second-order valence-electron chi connectivity index (χ2n) is 6.66. The molecule has 0 aliphatic rings. The summed E-state index contributed by atoms with van der Waals surface area (Å²) >= 11 is 0. The van der Waals surface area contributed by atoms with Crippen LogP contribution in [0.4, 0.5) is 13.2 Å². The van der Waals surface area contributed by atoms with Crippen LogP contribution in [-0.4, -0.2) is 27.4 Å². The SMILES string of the molecule is C=C/C(C#N)=C(\C=C\NC(=O)C(C)(O)Cn1ccc(-c2ccccc2)c1)C(F)(F)F. The van der Waals surface area contributed by atoms with Crippen LogP contribution in [0.3, 0.4) is 0 Å². The monoisotopic (exact) mass is 415 g/mol. The Balaban J connectivity index is 2.10. The maximum Gasteiger partial charge on any atom is 0.417 e. The van der Waals surface area contributed by atoms with E-state index in [-0.39, 0.29) is 6.54 Å². The van der Waals surface area contributed by atoms with E-state index < -0.39 is 28.8 Å². The van der Waals surface area contributed by atoms with E-state index in [0.717, 1.165) is 23.4 Å². The van der Waals surface area contributed by atoms with Crippen LogP contribution in [0, 0.1) is 11.3 Å². The van der Waals surface area contributed by atoms with Crippen molar-refractivity contribution in [2.75, 3.05) is 0 Å². The second kappa shape index (κ2) is 9.29. The first-order valence-electron chi connectivity index (χ1n) is 8.83. The fourth-order valence-corrected chi connectivity index (χ4v) is 2.68. The Morgan fingerprint density at radius 2 is 1.93 bits per heavy atom. The van der Waals surface area contributed by atoms with Gasteiger partial charge in [0.05, 0.1) is 23.8 Å². The number of alkyl halides is 3. The average Bonchev–Trinajstić information content (AvgIpc) is 3.15. The molecule has 1 aromatic heterocycles. The Hall–Kier alpha value is -3.57. The second-order valence-corrected chi connectivity index (χ2v) is 6.66. The van der Waals surface area contributed by atoms with Crippen LogP contribution < -0.4 is 5.32 Å². The standard InChI is InChI=1S/C22H20F3N3O2/c1-3-16(13-26)19(22(23,24)25)9-11-27-20(29)21(2,30)15-28-12-10-18(14-28)17-7-5-4-6-8-17/h3-12,14,30H,1,15H2,2H3,(H,27,29)/b11-9+,19-16-. The Kier molecular flexibility index (Phi) is 7.03. The summed E-state index contributed by atoms with van der Waals surface area (Å²) in [6.07, 6.45) is 0.709. The highest BCUT2D eigenvalue weighted by molar-refractivity contribution is 5.85. The number of allylic oxidation sites excluding steroid dienone is 4. The summed E-state index contributed by atoms with van der Waals surface area (Å²) in [4.78, 5) is 12.3. The molecule has 1 amide bonds. The largest absolute Gasteiger partial charge is 0.417 e. The Labute approximate surface area is 172 Å². The number of nitrogens with zero attached hydrogens (tertiary/aromatic N) is 2. The quantitative estimate of drug-likeness (QED) is 0.528. The first-order chi connectivity index (χ1) is 14.1. The van der Waals surface area contributed by atoms with Gasteiger partial charge in [-0.15, -0.1) is 0 Å². The number of aromatic nitrogens is 1. The molecule has 0 saturated heterocycles. The van der Waals surface area contributed by atoms with Crippen LogP contribution in [0.1, 0.15) is 6.92 Å². The summed E-state index contributed by atoms with van der Waals surface area (Å²) in [6.45, 7) is 4.31. The van der Waals surface area contributed by atoms with Gasteiger partial charge >= 0.3 is 6.18 Å². The van der Waals surface area contributed by atoms with E-state index in [1.165, 1.54) is 13.0 Å². The fraction of sp³-hybridized carbons (Fsp3) is 0.182. The first kappa shape index (κ1) is 22.7. The predicted molar refractivity (Wildman–Crippen MR) is 107 cm³/mol. The zero-order valence-corrected chi connectivity index (χ0v) is 16.1. The van der Waals surface area contributed by atoms with Gasteiger partial charge in [0, 0.05) is 18.6 Å². The number of carbonyl (C=O) groups excluding carboxylic acids is 1. The number of halogens is 3. The molecule has 0 saturated carbocycles. The van der Waals surface area contributed by atoms with E-state index in [0.29, 0.717) is 6.08 Å². The molecular formula is C22H20F3N3O2. The zero-order valence-electron chi connectivity index (χ0n) is 16.1. The summed E-state index contributed by atoms with van der Waals surface area (Å²) in [6, 6.07) is 12.7. The maximum atomic E-state index is 13.1. The lowest BCUT2D eigenvalue weighted by Crippen LogP contribution is -2.45. The van der Waals surface area contributed by atoms with E-state index in [1.54, 1.807) is 17.0 Å². The number of amides is 1. The molecule has 156 valence electrons. The van der Waals surface area contributed by atoms with Gasteiger partial charge in [0.25, 0.3) is 5.91 Å². The Morgan fingerprint density at radius 1 is 1.27 bits per heavy atom. The number of hydrogen-bond acceptors (Lipinski definition) is 3. The predicted octanol–water partition coefficient (Wildman–Crippen LogP) is 4.10. The normalized spacial score (nSPS) is 14.5. The molecule has 1 aromatic carbocycles. The molecule has 0 spiro atoms. The van der Waals surface area contributed by atoms with Crippen molar-refractivity contribution in [3.05, 3.63) is 84.9 Å². The third-order valence-corrected chi connectivity index (χ3v) is 4.22. The van der Waals surface area contributed by atoms with Crippen molar-refractivity contribution in [2.24, 2.45) is 0 Å². The highest BCUT2D eigenvalue weighted by Gasteiger charge is 2.35. The van der Waals surface area contributed by atoms with Crippen LogP contribution in [-0.2, 0) is 11.3 Å². The maximum absolute atomic E-state index is 13.1. The van der Waals surface area contributed by atoms with Gasteiger partial charge in [-0.05, 0) is 30.2 Å². The van der Waals surface area contributed by atoms with E-state index in [2.05, 4.69) is 11.9 Å². The molecule has 2 aromatic rings. The van der Waals surface area contributed by atoms with Crippen molar-refractivity contribution < 1.29 is 23.1 Å². The lowest BCUT2D eigenvalue weighted by Gasteiger charge is -2.22. The lowest BCUT2D eigenvalue weighted by atomic mass is 10.1. The summed E-state index contributed by atoms with van der Waals surface area (Å²) in [5.74, 6) is -0.896. The van der Waals surface area contributed by atoms with Crippen molar-refractivity contribution in [2.45, 2.75) is 25.2 Å². The van der Waals surface area contributed by atoms with Crippen molar-refractivity contribution in [1.82, 2.24) is 9.88 Å². The Morgan fingerprint density at radius 3 is 2.50 bits per heavy atom. The van der Waals surface area contributed by atoms with E-state index in [4.69, 9.17) is 5.26 Å². The number of hydrogen-bond donors (Lipinski definition) is 2. The molecule has 0 bridgehead atoms. The third kappa shape index (κ3) is 5.72. The van der Waals surface area contributed by atoms with Crippen LogP contribution in [0.25, 0.3) is 11.1 Å².